The Hall–Kier alpha value is -3.94. The van der Waals surface area contributed by atoms with Crippen molar-refractivity contribution in [3.8, 4) is 0 Å². The van der Waals surface area contributed by atoms with E-state index in [0.717, 1.165) is 28.5 Å². The molecule has 0 fully saturated rings. The fourth-order valence-electron chi connectivity index (χ4n) is 4.81. The Bertz CT molecular complexity index is 1340. The van der Waals surface area contributed by atoms with Crippen LogP contribution in [-0.2, 0) is 28.6 Å². The van der Waals surface area contributed by atoms with Gasteiger partial charge in [-0.2, -0.15) is 0 Å². The second-order valence-corrected chi connectivity index (χ2v) is 9.50. The highest BCUT2D eigenvalue weighted by Gasteiger charge is 2.38. The van der Waals surface area contributed by atoms with Gasteiger partial charge >= 0.3 is 5.69 Å². The summed E-state index contributed by atoms with van der Waals surface area (Å²) in [5.41, 5.74) is 0.771. The molecule has 2 amide bonds. The quantitative estimate of drug-likeness (QED) is 0.484. The Morgan fingerprint density at radius 1 is 1.00 bits per heavy atom. The molecule has 0 spiro atoms. The molecule has 2 aromatic carbocycles. The molecule has 1 unspecified atom stereocenters. The zero-order chi connectivity index (χ0) is 25.9. The summed E-state index contributed by atoms with van der Waals surface area (Å²) in [5.74, 6) is -1.51. The summed E-state index contributed by atoms with van der Waals surface area (Å²) >= 11 is 0. The lowest BCUT2D eigenvalue weighted by molar-refractivity contribution is -0.125. The number of hydrogen-bond donors (Lipinski definition) is 2. The molecule has 0 aliphatic carbocycles. The number of benzene rings is 2. The molecule has 36 heavy (non-hydrogen) atoms. The molecule has 8 nitrogen and oxygen atoms in total. The van der Waals surface area contributed by atoms with Crippen molar-refractivity contribution in [1.29, 1.82) is 0 Å². The smallest absolute Gasteiger partial charge is 0.332 e. The number of fused-ring (bicyclic) bond motifs is 1. The van der Waals surface area contributed by atoms with Crippen LogP contribution in [0.25, 0.3) is 0 Å². The van der Waals surface area contributed by atoms with Crippen molar-refractivity contribution in [2.75, 3.05) is 11.9 Å². The van der Waals surface area contributed by atoms with Crippen LogP contribution >= 0.6 is 0 Å². The third-order valence-corrected chi connectivity index (χ3v) is 7.07. The number of rotatable bonds is 9. The summed E-state index contributed by atoms with van der Waals surface area (Å²) in [6, 6.07) is 19.9. The lowest BCUT2D eigenvalue weighted by atomic mass is 9.76. The van der Waals surface area contributed by atoms with E-state index in [1.165, 1.54) is 11.6 Å². The van der Waals surface area contributed by atoms with Crippen LogP contribution in [0.2, 0.25) is 0 Å². The monoisotopic (exact) mass is 488 g/mol. The standard InChI is InChI=1S/C28H32N4O4/c1-4-5-16-32-24-23(26(35)31(3)27(32)36)21(25(34)30-24)17-22(33)29-18-28(2,19-12-8-6-9-13-19)20-14-10-7-11-15-20/h6-15,21H,4-5,16-18H2,1-3H3,(H,29,33)(H,30,34). The van der Waals surface area contributed by atoms with Crippen molar-refractivity contribution in [1.82, 2.24) is 14.5 Å². The van der Waals surface area contributed by atoms with Gasteiger partial charge in [0.15, 0.2) is 0 Å². The van der Waals surface area contributed by atoms with Crippen LogP contribution in [0.4, 0.5) is 5.82 Å². The summed E-state index contributed by atoms with van der Waals surface area (Å²) in [4.78, 5) is 51.6. The van der Waals surface area contributed by atoms with E-state index in [0.29, 0.717) is 13.1 Å². The third-order valence-electron chi connectivity index (χ3n) is 7.07. The van der Waals surface area contributed by atoms with Crippen molar-refractivity contribution in [3.05, 3.63) is 98.2 Å². The van der Waals surface area contributed by atoms with Crippen molar-refractivity contribution < 1.29 is 9.59 Å². The van der Waals surface area contributed by atoms with E-state index in [4.69, 9.17) is 0 Å². The number of unbranched alkanes of at least 4 members (excludes halogenated alkanes) is 1. The van der Waals surface area contributed by atoms with Crippen LogP contribution in [0.15, 0.2) is 70.3 Å². The van der Waals surface area contributed by atoms with Crippen molar-refractivity contribution in [2.45, 2.75) is 51.0 Å². The fraction of sp³-hybridized carbons (Fsp3) is 0.357. The average molecular weight is 489 g/mol. The molecule has 2 heterocycles. The summed E-state index contributed by atoms with van der Waals surface area (Å²) in [6.45, 7) is 4.77. The van der Waals surface area contributed by atoms with Gasteiger partial charge in [0.05, 0.1) is 11.5 Å². The van der Waals surface area contributed by atoms with Gasteiger partial charge in [-0.3, -0.25) is 23.5 Å². The first-order chi connectivity index (χ1) is 17.3. The first-order valence-corrected chi connectivity index (χ1v) is 12.3. The van der Waals surface area contributed by atoms with Crippen molar-refractivity contribution >= 4 is 17.6 Å². The lowest BCUT2D eigenvalue weighted by Gasteiger charge is -2.31. The molecule has 8 heteroatoms. The number of carbonyl (C=O) groups excluding carboxylic acids is 2. The predicted octanol–water partition coefficient (Wildman–Crippen LogP) is 2.90. The number of nitrogens with one attached hydrogen (secondary N) is 2. The molecular weight excluding hydrogens is 456 g/mol. The van der Waals surface area contributed by atoms with Crippen molar-refractivity contribution in [3.63, 3.8) is 0 Å². The molecule has 4 rings (SSSR count). The lowest BCUT2D eigenvalue weighted by Crippen LogP contribution is -2.41. The molecule has 188 valence electrons. The van der Waals surface area contributed by atoms with Gasteiger partial charge in [0, 0.05) is 32.0 Å². The molecule has 0 saturated heterocycles. The molecular formula is C28H32N4O4. The molecule has 0 saturated carbocycles. The number of nitrogens with zero attached hydrogens (tertiary/aromatic N) is 2. The summed E-state index contributed by atoms with van der Waals surface area (Å²) in [5, 5.41) is 5.69. The van der Waals surface area contributed by atoms with Crippen LogP contribution in [-0.4, -0.2) is 27.5 Å². The van der Waals surface area contributed by atoms with Crippen LogP contribution in [0.3, 0.4) is 0 Å². The molecule has 1 aliphatic heterocycles. The number of amides is 2. The van der Waals surface area contributed by atoms with Gasteiger partial charge < -0.3 is 10.6 Å². The van der Waals surface area contributed by atoms with E-state index < -0.39 is 28.5 Å². The maximum absolute atomic E-state index is 13.1. The van der Waals surface area contributed by atoms with Gasteiger partial charge in [-0.25, -0.2) is 4.79 Å². The molecule has 1 atom stereocenters. The zero-order valence-corrected chi connectivity index (χ0v) is 20.9. The minimum absolute atomic E-state index is 0.181. The van der Waals surface area contributed by atoms with E-state index >= 15 is 0 Å². The fourth-order valence-corrected chi connectivity index (χ4v) is 4.81. The first-order valence-electron chi connectivity index (χ1n) is 12.3. The van der Waals surface area contributed by atoms with Gasteiger partial charge in [-0.05, 0) is 24.5 Å². The third kappa shape index (κ3) is 4.63. The summed E-state index contributed by atoms with van der Waals surface area (Å²) < 4.78 is 2.44. The molecule has 1 aromatic heterocycles. The van der Waals surface area contributed by atoms with E-state index in [1.807, 2.05) is 67.6 Å². The SMILES string of the molecule is CCCCn1c2c(c(=O)n(C)c1=O)C(CC(=O)NCC(C)(c1ccccc1)c1ccccc1)C(=O)N2. The molecule has 0 radical (unpaired) electrons. The van der Waals surface area contributed by atoms with E-state index in [-0.39, 0.29) is 23.7 Å². The Morgan fingerprint density at radius 3 is 2.14 bits per heavy atom. The Morgan fingerprint density at radius 2 is 1.58 bits per heavy atom. The minimum Gasteiger partial charge on any atom is -0.355 e. The summed E-state index contributed by atoms with van der Waals surface area (Å²) in [6.07, 6.45) is 1.40. The second-order valence-electron chi connectivity index (χ2n) is 9.50. The van der Waals surface area contributed by atoms with Gasteiger partial charge in [0.25, 0.3) is 5.56 Å². The number of anilines is 1. The first kappa shape index (κ1) is 25.2. The molecule has 3 aromatic rings. The van der Waals surface area contributed by atoms with Crippen LogP contribution in [0.5, 0.6) is 0 Å². The zero-order valence-electron chi connectivity index (χ0n) is 20.9. The highest BCUT2D eigenvalue weighted by atomic mass is 16.2. The Kier molecular flexibility index (Phi) is 7.24. The summed E-state index contributed by atoms with van der Waals surface area (Å²) in [7, 11) is 1.40. The van der Waals surface area contributed by atoms with Crippen LogP contribution in [0.1, 0.15) is 55.7 Å². The number of carbonyl (C=O) groups is 2. The van der Waals surface area contributed by atoms with Gasteiger partial charge in [-0.15, -0.1) is 0 Å². The maximum Gasteiger partial charge on any atom is 0.332 e. The molecule has 0 bridgehead atoms. The molecule has 1 aliphatic rings. The van der Waals surface area contributed by atoms with Gasteiger partial charge in [0.2, 0.25) is 11.8 Å². The number of hydrogen-bond acceptors (Lipinski definition) is 4. The average Bonchev–Trinajstić information content (AvgIpc) is 3.22. The Labute approximate surface area is 210 Å². The minimum atomic E-state index is -0.952. The number of aromatic nitrogens is 2. The normalized spacial score (nSPS) is 14.9. The molecule has 2 N–H and O–H groups in total. The van der Waals surface area contributed by atoms with E-state index in [9.17, 15) is 19.2 Å². The Balaban J connectivity index is 1.59. The largest absolute Gasteiger partial charge is 0.355 e. The highest BCUT2D eigenvalue weighted by Crippen LogP contribution is 2.33. The van der Waals surface area contributed by atoms with Gasteiger partial charge in [-0.1, -0.05) is 74.0 Å². The van der Waals surface area contributed by atoms with Crippen LogP contribution < -0.4 is 21.9 Å². The van der Waals surface area contributed by atoms with E-state index in [2.05, 4.69) is 17.6 Å². The topological polar surface area (TPSA) is 102 Å². The van der Waals surface area contributed by atoms with Crippen molar-refractivity contribution in [2.24, 2.45) is 7.05 Å². The second kappa shape index (κ2) is 10.4. The highest BCUT2D eigenvalue weighted by molar-refractivity contribution is 6.04. The maximum atomic E-state index is 13.1. The van der Waals surface area contributed by atoms with Crippen LogP contribution in [0, 0.1) is 0 Å². The van der Waals surface area contributed by atoms with E-state index in [1.54, 1.807) is 0 Å². The predicted molar refractivity (Wildman–Crippen MR) is 139 cm³/mol. The van der Waals surface area contributed by atoms with Gasteiger partial charge in [0.1, 0.15) is 5.82 Å².